The van der Waals surface area contributed by atoms with Crippen molar-refractivity contribution >= 4 is 43.0 Å². The summed E-state index contributed by atoms with van der Waals surface area (Å²) in [4.78, 5) is 0.0393. The molecule has 0 spiro atoms. The number of anilines is 2. The molecule has 0 atom stereocenters. The Morgan fingerprint density at radius 2 is 1.43 bits per heavy atom. The second kappa shape index (κ2) is 11.4. The monoisotopic (exact) mass is 555 g/mol. The molecule has 0 amide bonds. The number of rotatable bonds is 10. The minimum absolute atomic E-state index is 0.00172. The fourth-order valence-corrected chi connectivity index (χ4v) is 5.65. The highest BCUT2D eigenvalue weighted by Gasteiger charge is 2.18. The maximum absolute atomic E-state index is 12.8. The van der Waals surface area contributed by atoms with Gasteiger partial charge in [-0.3, -0.25) is 5.01 Å². The SMILES string of the molecule is NN(c1[c]cc(S(=O)(=O)NCc2ccccc2Cl)cc1)c1cccc(S(=O)(=O)NCc2ccccc2)c1. The maximum atomic E-state index is 12.8. The molecule has 37 heavy (non-hydrogen) atoms. The summed E-state index contributed by atoms with van der Waals surface area (Å²) in [5.41, 5.74) is 2.20. The molecule has 11 heteroatoms. The normalized spacial score (nSPS) is 11.8. The third-order valence-corrected chi connectivity index (χ3v) is 8.63. The van der Waals surface area contributed by atoms with Gasteiger partial charge < -0.3 is 0 Å². The molecule has 8 nitrogen and oxygen atoms in total. The topological polar surface area (TPSA) is 122 Å². The summed E-state index contributed by atoms with van der Waals surface area (Å²) in [6.45, 7) is 0.181. The van der Waals surface area contributed by atoms with Crippen molar-refractivity contribution in [1.29, 1.82) is 0 Å². The summed E-state index contributed by atoms with van der Waals surface area (Å²) in [5, 5.41) is 1.69. The average molecular weight is 556 g/mol. The van der Waals surface area contributed by atoms with Gasteiger partial charge in [-0.1, -0.05) is 66.2 Å². The van der Waals surface area contributed by atoms with Crippen LogP contribution in [0.15, 0.2) is 107 Å². The predicted molar refractivity (Wildman–Crippen MR) is 144 cm³/mol. The zero-order valence-corrected chi connectivity index (χ0v) is 21.9. The number of sulfonamides is 2. The zero-order chi connectivity index (χ0) is 26.5. The lowest BCUT2D eigenvalue weighted by molar-refractivity contribution is 0.579. The molecule has 1 radical (unpaired) electrons. The van der Waals surface area contributed by atoms with E-state index in [1.165, 1.54) is 35.3 Å². The highest BCUT2D eigenvalue weighted by Crippen LogP contribution is 2.25. The van der Waals surface area contributed by atoms with Gasteiger partial charge in [-0.25, -0.2) is 32.1 Å². The van der Waals surface area contributed by atoms with E-state index in [9.17, 15) is 16.8 Å². The lowest BCUT2D eigenvalue weighted by Crippen LogP contribution is -2.27. The number of halogens is 1. The predicted octanol–water partition coefficient (Wildman–Crippen LogP) is 4.11. The van der Waals surface area contributed by atoms with E-state index in [4.69, 9.17) is 17.4 Å². The zero-order valence-electron chi connectivity index (χ0n) is 19.5. The first-order valence-electron chi connectivity index (χ1n) is 11.1. The van der Waals surface area contributed by atoms with Crippen molar-refractivity contribution in [3.63, 3.8) is 0 Å². The van der Waals surface area contributed by atoms with Crippen molar-refractivity contribution in [2.24, 2.45) is 5.84 Å². The molecular formula is C26H24ClN4O4S2. The first-order valence-corrected chi connectivity index (χ1v) is 14.4. The van der Waals surface area contributed by atoms with E-state index < -0.39 is 20.0 Å². The van der Waals surface area contributed by atoms with Crippen LogP contribution in [0.2, 0.25) is 5.02 Å². The van der Waals surface area contributed by atoms with Gasteiger partial charge in [0.1, 0.15) is 0 Å². The maximum Gasteiger partial charge on any atom is 0.240 e. The molecule has 0 heterocycles. The lowest BCUT2D eigenvalue weighted by atomic mass is 10.2. The Morgan fingerprint density at radius 1 is 0.757 bits per heavy atom. The van der Waals surface area contributed by atoms with Gasteiger partial charge in [-0.2, -0.15) is 0 Å². The molecule has 0 aliphatic heterocycles. The first kappa shape index (κ1) is 26.8. The standard InChI is InChI=1S/C26H24ClN4O4S2/c27-26-12-5-4-9-21(26)19-30-36(32,33)24-15-13-22(14-16-24)31(28)23-10-6-11-25(17-23)37(34,35)29-18-20-7-2-1-3-8-20/h1-13,15-17,29-30H,18-19,28H2. The van der Waals surface area contributed by atoms with Gasteiger partial charge in [0.2, 0.25) is 20.0 Å². The molecule has 4 rings (SSSR count). The number of benzene rings is 4. The summed E-state index contributed by atoms with van der Waals surface area (Å²) in [5.74, 6) is 6.21. The van der Waals surface area contributed by atoms with Crippen molar-refractivity contribution in [3.05, 3.63) is 119 Å². The van der Waals surface area contributed by atoms with Gasteiger partial charge in [0.05, 0.1) is 21.2 Å². The number of hydrazine groups is 1. The van der Waals surface area contributed by atoms with Crippen LogP contribution in [0.3, 0.4) is 0 Å². The van der Waals surface area contributed by atoms with E-state index in [1.54, 1.807) is 36.4 Å². The largest absolute Gasteiger partial charge is 0.279 e. The quantitative estimate of drug-likeness (QED) is 0.200. The minimum Gasteiger partial charge on any atom is -0.279 e. The summed E-state index contributed by atoms with van der Waals surface area (Å²) >= 11 is 6.10. The van der Waals surface area contributed by atoms with Gasteiger partial charge in [-0.15, -0.1) is 0 Å². The Hall–Kier alpha value is -3.25. The highest BCUT2D eigenvalue weighted by atomic mass is 35.5. The molecule has 0 saturated carbocycles. The van der Waals surface area contributed by atoms with Crippen LogP contribution >= 0.6 is 11.6 Å². The van der Waals surface area contributed by atoms with E-state index in [0.29, 0.717) is 22.0 Å². The van der Waals surface area contributed by atoms with Crippen LogP contribution in [0, 0.1) is 6.07 Å². The third-order valence-electron chi connectivity index (χ3n) is 5.46. The first-order chi connectivity index (χ1) is 17.7. The fraction of sp³-hybridized carbons (Fsp3) is 0.0769. The van der Waals surface area contributed by atoms with Crippen molar-refractivity contribution in [1.82, 2.24) is 9.44 Å². The van der Waals surface area contributed by atoms with Crippen LogP contribution < -0.4 is 20.3 Å². The molecule has 0 saturated heterocycles. The Labute approximate surface area is 221 Å². The minimum atomic E-state index is -3.82. The molecule has 0 bridgehead atoms. The second-order valence-corrected chi connectivity index (χ2v) is 11.9. The highest BCUT2D eigenvalue weighted by molar-refractivity contribution is 7.89. The van der Waals surface area contributed by atoms with Crippen molar-refractivity contribution in [2.75, 3.05) is 5.01 Å². The van der Waals surface area contributed by atoms with Crippen LogP contribution in [0.25, 0.3) is 0 Å². The molecule has 4 aromatic carbocycles. The van der Waals surface area contributed by atoms with E-state index in [1.807, 2.05) is 30.3 Å². The van der Waals surface area contributed by atoms with Gasteiger partial charge in [0.15, 0.2) is 0 Å². The van der Waals surface area contributed by atoms with Crippen molar-refractivity contribution in [3.8, 4) is 0 Å². The average Bonchev–Trinajstić information content (AvgIpc) is 2.92. The Balaban J connectivity index is 1.46. The van der Waals surface area contributed by atoms with Crippen LogP contribution in [0.1, 0.15) is 11.1 Å². The van der Waals surface area contributed by atoms with Crippen LogP contribution in [-0.4, -0.2) is 16.8 Å². The number of nitrogens with one attached hydrogen (secondary N) is 2. The summed E-state index contributed by atoms with van der Waals surface area (Å²) in [7, 11) is -7.62. The van der Waals surface area contributed by atoms with Gasteiger partial charge in [0.25, 0.3) is 0 Å². The van der Waals surface area contributed by atoms with Crippen LogP contribution in [0.5, 0.6) is 0 Å². The Bertz CT molecular complexity index is 1580. The van der Waals surface area contributed by atoms with E-state index in [2.05, 4.69) is 15.5 Å². The molecule has 0 aliphatic carbocycles. The summed E-state index contributed by atoms with van der Waals surface area (Å²) in [6.07, 6.45) is 0. The van der Waals surface area contributed by atoms with Crippen molar-refractivity contribution < 1.29 is 16.8 Å². The summed E-state index contributed by atoms with van der Waals surface area (Å²) in [6, 6.07) is 29.2. The van der Waals surface area contributed by atoms with Crippen LogP contribution in [-0.2, 0) is 33.1 Å². The van der Waals surface area contributed by atoms with E-state index in [0.717, 1.165) is 5.56 Å². The second-order valence-electron chi connectivity index (χ2n) is 8.00. The fourth-order valence-electron chi connectivity index (χ4n) is 3.41. The number of hydrogen-bond donors (Lipinski definition) is 3. The molecular weight excluding hydrogens is 532 g/mol. The smallest absolute Gasteiger partial charge is 0.240 e. The van der Waals surface area contributed by atoms with Gasteiger partial charge in [-0.05, 0) is 53.6 Å². The molecule has 191 valence electrons. The van der Waals surface area contributed by atoms with Gasteiger partial charge >= 0.3 is 0 Å². The molecule has 0 aliphatic rings. The number of hydrogen-bond acceptors (Lipinski definition) is 6. The number of nitrogens with zero attached hydrogens (tertiary/aromatic N) is 1. The van der Waals surface area contributed by atoms with E-state index in [-0.39, 0.29) is 22.9 Å². The lowest BCUT2D eigenvalue weighted by Gasteiger charge is -2.20. The van der Waals surface area contributed by atoms with Crippen LogP contribution in [0.4, 0.5) is 11.4 Å². The Morgan fingerprint density at radius 3 is 2.14 bits per heavy atom. The molecule has 4 N–H and O–H groups in total. The summed E-state index contributed by atoms with van der Waals surface area (Å²) < 4.78 is 56.1. The van der Waals surface area contributed by atoms with E-state index >= 15 is 0 Å². The third kappa shape index (κ3) is 6.75. The van der Waals surface area contributed by atoms with Crippen molar-refractivity contribution in [2.45, 2.75) is 22.9 Å². The number of nitrogens with two attached hydrogens (primary N) is 1. The molecule has 4 aromatic rings. The molecule has 0 fully saturated rings. The van der Waals surface area contributed by atoms with Gasteiger partial charge in [0, 0.05) is 24.2 Å². The molecule has 0 unspecified atom stereocenters. The molecule has 0 aromatic heterocycles. The Kier molecular flexibility index (Phi) is 8.28.